The van der Waals surface area contributed by atoms with Gasteiger partial charge in [-0.3, -0.25) is 0 Å². The van der Waals surface area contributed by atoms with Crippen LogP contribution in [0.25, 0.3) is 0 Å². The number of hydrogen-bond donors (Lipinski definition) is 1. The van der Waals surface area contributed by atoms with Gasteiger partial charge in [-0.05, 0) is 30.7 Å². The Labute approximate surface area is 119 Å². The van der Waals surface area contributed by atoms with Crippen LogP contribution in [-0.4, -0.2) is 33.9 Å². The van der Waals surface area contributed by atoms with Gasteiger partial charge in [-0.15, -0.1) is 11.3 Å². The van der Waals surface area contributed by atoms with Crippen molar-refractivity contribution in [2.24, 2.45) is 0 Å². The Morgan fingerprint density at radius 3 is 2.74 bits per heavy atom. The predicted molar refractivity (Wildman–Crippen MR) is 78.1 cm³/mol. The Balaban J connectivity index is 2.11. The highest BCUT2D eigenvalue weighted by atomic mass is 32.2. The van der Waals surface area contributed by atoms with Crippen LogP contribution in [-0.2, 0) is 20.2 Å². The van der Waals surface area contributed by atoms with Crippen molar-refractivity contribution in [3.05, 3.63) is 22.4 Å². The third-order valence-corrected chi connectivity index (χ3v) is 6.24. The molecule has 1 N–H and O–H groups in total. The van der Waals surface area contributed by atoms with Crippen LogP contribution in [0.4, 0.5) is 0 Å². The second-order valence-electron chi connectivity index (χ2n) is 5.01. The predicted octanol–water partition coefficient (Wildman–Crippen LogP) is 2.13. The van der Waals surface area contributed by atoms with Gasteiger partial charge < -0.3 is 4.74 Å². The maximum Gasteiger partial charge on any atom is 0.211 e. The van der Waals surface area contributed by atoms with E-state index < -0.39 is 10.0 Å². The van der Waals surface area contributed by atoms with Crippen molar-refractivity contribution in [3.63, 3.8) is 0 Å². The molecule has 2 heterocycles. The Hall–Kier alpha value is -0.430. The Kier molecular flexibility index (Phi) is 5.00. The molecular formula is C13H21NO3S2. The quantitative estimate of drug-likeness (QED) is 0.876. The summed E-state index contributed by atoms with van der Waals surface area (Å²) in [6.45, 7) is 3.77. The minimum Gasteiger partial charge on any atom is -0.381 e. The lowest BCUT2D eigenvalue weighted by Crippen LogP contribution is -2.44. The zero-order valence-corrected chi connectivity index (χ0v) is 12.9. The molecule has 1 saturated heterocycles. The molecule has 0 radical (unpaired) electrons. The van der Waals surface area contributed by atoms with Crippen molar-refractivity contribution < 1.29 is 13.2 Å². The average Bonchev–Trinajstić information content (AvgIpc) is 2.92. The molecule has 19 heavy (non-hydrogen) atoms. The number of hydrogen-bond acceptors (Lipinski definition) is 4. The van der Waals surface area contributed by atoms with E-state index in [1.54, 1.807) is 11.3 Å². The Bertz CT molecular complexity index is 476. The number of thiophene rings is 1. The second-order valence-corrected chi connectivity index (χ2v) is 7.88. The van der Waals surface area contributed by atoms with Crippen molar-refractivity contribution in [2.45, 2.75) is 31.6 Å². The highest BCUT2D eigenvalue weighted by Gasteiger charge is 2.36. The fourth-order valence-electron chi connectivity index (χ4n) is 2.44. The molecule has 0 saturated carbocycles. The molecule has 0 unspecified atom stereocenters. The molecule has 6 heteroatoms. The van der Waals surface area contributed by atoms with Crippen LogP contribution in [0.15, 0.2) is 17.5 Å². The van der Waals surface area contributed by atoms with E-state index >= 15 is 0 Å². The first-order chi connectivity index (χ1) is 9.08. The smallest absolute Gasteiger partial charge is 0.211 e. The molecule has 0 aromatic carbocycles. The van der Waals surface area contributed by atoms with E-state index in [-0.39, 0.29) is 11.2 Å². The molecule has 0 atom stereocenters. The van der Waals surface area contributed by atoms with Gasteiger partial charge in [0.2, 0.25) is 10.0 Å². The first-order valence-electron chi connectivity index (χ1n) is 6.67. The highest BCUT2D eigenvalue weighted by Crippen LogP contribution is 2.37. The summed E-state index contributed by atoms with van der Waals surface area (Å²) in [6, 6.07) is 4.13. The largest absolute Gasteiger partial charge is 0.381 e. The van der Waals surface area contributed by atoms with Gasteiger partial charge in [0.05, 0.1) is 5.75 Å². The van der Waals surface area contributed by atoms with E-state index in [1.165, 1.54) is 4.88 Å². The van der Waals surface area contributed by atoms with Crippen LogP contribution in [0, 0.1) is 0 Å². The van der Waals surface area contributed by atoms with Crippen molar-refractivity contribution in [3.8, 4) is 0 Å². The van der Waals surface area contributed by atoms with E-state index in [9.17, 15) is 8.42 Å². The molecule has 0 spiro atoms. The van der Waals surface area contributed by atoms with Crippen LogP contribution in [0.1, 0.15) is 31.1 Å². The summed E-state index contributed by atoms with van der Waals surface area (Å²) >= 11 is 1.70. The third-order valence-electron chi connectivity index (χ3n) is 3.60. The van der Waals surface area contributed by atoms with Gasteiger partial charge in [0.25, 0.3) is 0 Å². The molecule has 0 aliphatic carbocycles. The van der Waals surface area contributed by atoms with Crippen LogP contribution in [0.3, 0.4) is 0 Å². The summed E-state index contributed by atoms with van der Waals surface area (Å²) in [5.74, 6) is 0.198. The van der Waals surface area contributed by atoms with Crippen LogP contribution < -0.4 is 4.72 Å². The van der Waals surface area contributed by atoms with Gasteiger partial charge >= 0.3 is 0 Å². The topological polar surface area (TPSA) is 55.4 Å². The molecule has 0 amide bonds. The van der Waals surface area contributed by atoms with Gasteiger partial charge in [0.1, 0.15) is 0 Å². The summed E-state index contributed by atoms with van der Waals surface area (Å²) in [4.78, 5) is 1.26. The fourth-order valence-corrected chi connectivity index (χ4v) is 4.61. The van der Waals surface area contributed by atoms with Crippen LogP contribution >= 0.6 is 11.3 Å². The minimum absolute atomic E-state index is 0.0901. The van der Waals surface area contributed by atoms with Crippen molar-refractivity contribution in [1.82, 2.24) is 4.72 Å². The molecule has 1 aromatic rings. The lowest BCUT2D eigenvalue weighted by molar-refractivity contribution is 0.0529. The Morgan fingerprint density at radius 2 is 2.16 bits per heavy atom. The molecular weight excluding hydrogens is 282 g/mol. The summed E-state index contributed by atoms with van der Waals surface area (Å²) in [5.41, 5.74) is -0.0901. The zero-order chi connectivity index (χ0) is 13.8. The monoisotopic (exact) mass is 303 g/mol. The Morgan fingerprint density at radius 1 is 1.42 bits per heavy atom. The molecule has 1 aliphatic heterocycles. The summed E-state index contributed by atoms with van der Waals surface area (Å²) in [7, 11) is -3.15. The molecule has 0 bridgehead atoms. The van der Waals surface area contributed by atoms with Gasteiger partial charge in [-0.1, -0.05) is 13.0 Å². The maximum absolute atomic E-state index is 11.8. The van der Waals surface area contributed by atoms with Crippen molar-refractivity contribution >= 4 is 21.4 Å². The zero-order valence-electron chi connectivity index (χ0n) is 11.2. The summed E-state index contributed by atoms with van der Waals surface area (Å²) in [6.07, 6.45) is 2.40. The number of sulfonamides is 1. The molecule has 1 aliphatic rings. The van der Waals surface area contributed by atoms with Gasteiger partial charge in [-0.2, -0.15) is 0 Å². The second kappa shape index (κ2) is 6.35. The van der Waals surface area contributed by atoms with Crippen molar-refractivity contribution in [2.75, 3.05) is 25.5 Å². The summed E-state index contributed by atoms with van der Waals surface area (Å²) < 4.78 is 31.9. The number of nitrogens with one attached hydrogen (secondary N) is 1. The molecule has 2 rings (SSSR count). The molecule has 1 aromatic heterocycles. The fraction of sp³-hybridized carbons (Fsp3) is 0.692. The van der Waals surface area contributed by atoms with Crippen molar-refractivity contribution in [1.29, 1.82) is 0 Å². The first-order valence-corrected chi connectivity index (χ1v) is 9.20. The third kappa shape index (κ3) is 3.78. The van der Waals surface area contributed by atoms with E-state index in [0.717, 1.165) is 12.8 Å². The molecule has 4 nitrogen and oxygen atoms in total. The highest BCUT2D eigenvalue weighted by molar-refractivity contribution is 7.89. The van der Waals surface area contributed by atoms with Gasteiger partial charge in [-0.25, -0.2) is 13.1 Å². The van der Waals surface area contributed by atoms with E-state index in [2.05, 4.69) is 10.8 Å². The minimum atomic E-state index is -3.15. The standard InChI is InChI=1S/C13H21NO3S2/c1-2-10-19(15,16)14-11-13(5-7-17-8-6-13)12-4-3-9-18-12/h3-4,9,14H,2,5-8,10-11H2,1H3. The maximum atomic E-state index is 11.8. The van der Waals surface area contributed by atoms with E-state index in [0.29, 0.717) is 26.2 Å². The molecule has 1 fully saturated rings. The van der Waals surface area contributed by atoms with E-state index in [4.69, 9.17) is 4.74 Å². The number of rotatable bonds is 6. The average molecular weight is 303 g/mol. The van der Waals surface area contributed by atoms with Gasteiger partial charge in [0, 0.05) is 30.1 Å². The van der Waals surface area contributed by atoms with Crippen LogP contribution in [0.5, 0.6) is 0 Å². The van der Waals surface area contributed by atoms with E-state index in [1.807, 2.05) is 18.4 Å². The molecule has 108 valence electrons. The number of ether oxygens (including phenoxy) is 1. The normalized spacial score (nSPS) is 19.4. The summed E-state index contributed by atoms with van der Waals surface area (Å²) in [5, 5.41) is 2.05. The van der Waals surface area contributed by atoms with Crippen LogP contribution in [0.2, 0.25) is 0 Å². The van der Waals surface area contributed by atoms with Gasteiger partial charge in [0.15, 0.2) is 0 Å². The lowest BCUT2D eigenvalue weighted by atomic mass is 9.79. The SMILES string of the molecule is CCCS(=O)(=O)NCC1(c2cccs2)CCOCC1. The first kappa shape index (κ1) is 15.0. The lowest BCUT2D eigenvalue weighted by Gasteiger charge is -2.36.